The Morgan fingerprint density at radius 2 is 0.830 bits per heavy atom. The van der Waals surface area contributed by atoms with Crippen molar-refractivity contribution in [3.05, 3.63) is 191 Å². The summed E-state index contributed by atoms with van der Waals surface area (Å²) in [5, 5.41) is 5.06. The van der Waals surface area contributed by atoms with Crippen LogP contribution >= 0.6 is 0 Å². The lowest BCUT2D eigenvalue weighted by Gasteiger charge is -2.39. The molecule has 2 unspecified atom stereocenters. The van der Waals surface area contributed by atoms with Gasteiger partial charge in [-0.1, -0.05) is 134 Å². The predicted molar refractivity (Wildman–Crippen MR) is 224 cm³/mol. The van der Waals surface area contributed by atoms with E-state index in [2.05, 4.69) is 173 Å². The molecule has 10 rings (SSSR count). The fourth-order valence-electron chi connectivity index (χ4n) is 9.69. The number of benzene rings is 6. The van der Waals surface area contributed by atoms with Crippen LogP contribution in [0.3, 0.4) is 0 Å². The molecule has 0 saturated heterocycles. The summed E-state index contributed by atoms with van der Waals surface area (Å²) in [6, 6.07) is 49.0. The van der Waals surface area contributed by atoms with E-state index in [9.17, 15) is 0 Å². The van der Waals surface area contributed by atoms with E-state index in [-0.39, 0.29) is 11.1 Å². The molecule has 8 aromatic rings. The first-order valence-electron chi connectivity index (χ1n) is 18.6. The second-order valence-electron chi connectivity index (χ2n) is 15.4. The Morgan fingerprint density at radius 3 is 1.26 bits per heavy atom. The van der Waals surface area contributed by atoms with E-state index in [0.29, 0.717) is 0 Å². The Morgan fingerprint density at radius 1 is 0.434 bits per heavy atom. The van der Waals surface area contributed by atoms with Crippen LogP contribution < -0.4 is 0 Å². The van der Waals surface area contributed by atoms with Gasteiger partial charge in [0.1, 0.15) is 11.5 Å². The minimum absolute atomic E-state index is 0.174. The van der Waals surface area contributed by atoms with E-state index in [1.807, 2.05) is 12.5 Å². The highest BCUT2D eigenvalue weighted by Gasteiger charge is 2.51. The molecule has 53 heavy (non-hydrogen) atoms. The van der Waals surface area contributed by atoms with Gasteiger partial charge in [0.25, 0.3) is 0 Å². The lowest BCUT2D eigenvalue weighted by molar-refractivity contribution is 0.548. The molecule has 0 saturated carbocycles. The molecule has 0 N–H and O–H groups in total. The van der Waals surface area contributed by atoms with Gasteiger partial charge in [-0.3, -0.25) is 0 Å². The van der Waals surface area contributed by atoms with Gasteiger partial charge < -0.3 is 8.83 Å². The standard InChI is InChI=1S/C50H40O2Si/c1-31-25-27-51-47(31)45-29-43-39(37-19-9-15-33-13-5-7-17-35(33)37)21-11-23-41(43)49(45)53(3,4)50-42-24-12-22-40(38-20-10-16-34-14-6-8-18-36(34)38)44(42)30-46(50)48-32(2)26-28-52-48/h5-30,49-50H,1-4H3. The summed E-state index contributed by atoms with van der Waals surface area (Å²) in [4.78, 5) is 0. The molecule has 2 heterocycles. The van der Waals surface area contributed by atoms with Crippen LogP contribution in [-0.4, -0.2) is 8.07 Å². The molecule has 2 aliphatic carbocycles. The van der Waals surface area contributed by atoms with Crippen molar-refractivity contribution in [3.63, 3.8) is 0 Å². The fraction of sp³-hybridized carbons (Fsp3) is 0.120. The highest BCUT2D eigenvalue weighted by Crippen LogP contribution is 2.59. The van der Waals surface area contributed by atoms with Crippen molar-refractivity contribution < 1.29 is 8.83 Å². The maximum absolute atomic E-state index is 6.41. The van der Waals surface area contributed by atoms with Crippen molar-refractivity contribution >= 4 is 52.9 Å². The molecule has 2 aromatic heterocycles. The number of allylic oxidation sites excluding steroid dienone is 2. The summed E-state index contributed by atoms with van der Waals surface area (Å²) in [6.07, 6.45) is 8.62. The van der Waals surface area contributed by atoms with Crippen LogP contribution in [0, 0.1) is 13.8 Å². The molecule has 2 nitrogen and oxygen atoms in total. The molecule has 2 atom stereocenters. The molecule has 6 aromatic carbocycles. The average molecular weight is 701 g/mol. The average Bonchev–Trinajstić information content (AvgIpc) is 3.98. The van der Waals surface area contributed by atoms with Gasteiger partial charge in [0.05, 0.1) is 20.6 Å². The molecule has 0 amide bonds. The van der Waals surface area contributed by atoms with Gasteiger partial charge in [-0.05, 0) is 115 Å². The van der Waals surface area contributed by atoms with Crippen LogP contribution in [-0.2, 0) is 0 Å². The van der Waals surface area contributed by atoms with Crippen molar-refractivity contribution in [1.82, 2.24) is 0 Å². The SMILES string of the molecule is Cc1ccoc1C1=Cc2c(-c3cccc4ccccc34)cccc2C1[Si](C)(C)C1C(c2occc2C)=Cc2c(-c3cccc4ccccc34)cccc21. The maximum atomic E-state index is 6.41. The molecule has 2 aliphatic rings. The summed E-state index contributed by atoms with van der Waals surface area (Å²) in [5.74, 6) is 2.00. The molecule has 0 radical (unpaired) electrons. The van der Waals surface area contributed by atoms with Crippen LogP contribution in [0.4, 0.5) is 0 Å². The highest BCUT2D eigenvalue weighted by atomic mass is 28.3. The van der Waals surface area contributed by atoms with Gasteiger partial charge in [-0.2, -0.15) is 0 Å². The van der Waals surface area contributed by atoms with Crippen LogP contribution in [0.25, 0.3) is 67.1 Å². The molecular formula is C50H40O2Si. The lowest BCUT2D eigenvalue weighted by Crippen LogP contribution is -2.42. The van der Waals surface area contributed by atoms with Crippen molar-refractivity contribution in [2.75, 3.05) is 0 Å². The summed E-state index contributed by atoms with van der Waals surface area (Å²) in [7, 11) is -2.44. The van der Waals surface area contributed by atoms with Gasteiger partial charge in [0, 0.05) is 22.2 Å². The smallest absolute Gasteiger partial charge is 0.133 e. The Labute approximate surface area is 311 Å². The minimum Gasteiger partial charge on any atom is -0.464 e. The first kappa shape index (κ1) is 31.8. The zero-order chi connectivity index (χ0) is 35.8. The number of aryl methyl sites for hydroxylation is 2. The Kier molecular flexibility index (Phi) is 7.25. The van der Waals surface area contributed by atoms with Crippen LogP contribution in [0.2, 0.25) is 13.1 Å². The fourth-order valence-corrected chi connectivity index (χ4v) is 14.2. The van der Waals surface area contributed by atoms with E-state index < -0.39 is 8.07 Å². The molecule has 0 bridgehead atoms. The minimum atomic E-state index is -2.44. The number of rotatable bonds is 6. The molecule has 0 fully saturated rings. The van der Waals surface area contributed by atoms with Gasteiger partial charge >= 0.3 is 0 Å². The Hall–Kier alpha value is -5.90. The van der Waals surface area contributed by atoms with Crippen molar-refractivity contribution in [3.8, 4) is 22.3 Å². The van der Waals surface area contributed by atoms with E-state index in [1.54, 1.807) is 0 Å². The topological polar surface area (TPSA) is 26.3 Å². The number of fused-ring (bicyclic) bond motifs is 4. The predicted octanol–water partition coefficient (Wildman–Crippen LogP) is 13.9. The maximum Gasteiger partial charge on any atom is 0.133 e. The van der Waals surface area contributed by atoms with Gasteiger partial charge in [-0.15, -0.1) is 0 Å². The first-order chi connectivity index (χ1) is 25.9. The molecular weight excluding hydrogens is 661 g/mol. The third kappa shape index (κ3) is 4.84. The monoisotopic (exact) mass is 700 g/mol. The van der Waals surface area contributed by atoms with Crippen LogP contribution in [0.15, 0.2) is 155 Å². The van der Waals surface area contributed by atoms with Crippen molar-refractivity contribution in [2.24, 2.45) is 0 Å². The number of hydrogen-bond donors (Lipinski definition) is 0. The first-order valence-corrected chi connectivity index (χ1v) is 21.8. The zero-order valence-electron chi connectivity index (χ0n) is 30.5. The van der Waals surface area contributed by atoms with Gasteiger partial charge in [0.2, 0.25) is 0 Å². The number of furan rings is 2. The lowest BCUT2D eigenvalue weighted by atomic mass is 9.93. The van der Waals surface area contributed by atoms with Gasteiger partial charge in [0.15, 0.2) is 0 Å². The normalized spacial score (nSPS) is 16.5. The van der Waals surface area contributed by atoms with E-state index in [0.717, 1.165) is 11.5 Å². The van der Waals surface area contributed by atoms with Crippen LogP contribution in [0.1, 0.15) is 56.0 Å². The molecule has 0 spiro atoms. The second-order valence-corrected chi connectivity index (χ2v) is 20.2. The largest absolute Gasteiger partial charge is 0.464 e. The molecule has 256 valence electrons. The molecule has 0 aliphatic heterocycles. The molecule has 3 heteroatoms. The zero-order valence-corrected chi connectivity index (χ0v) is 31.5. The summed E-state index contributed by atoms with van der Waals surface area (Å²) in [6.45, 7) is 9.55. The summed E-state index contributed by atoms with van der Waals surface area (Å²) < 4.78 is 12.8. The van der Waals surface area contributed by atoms with Crippen LogP contribution in [0.5, 0.6) is 0 Å². The van der Waals surface area contributed by atoms with Gasteiger partial charge in [-0.25, -0.2) is 0 Å². The van der Waals surface area contributed by atoms with Crippen molar-refractivity contribution in [1.29, 1.82) is 0 Å². The number of hydrogen-bond acceptors (Lipinski definition) is 2. The third-order valence-corrected chi connectivity index (χ3v) is 16.2. The quantitative estimate of drug-likeness (QED) is 0.161. The third-order valence-electron chi connectivity index (χ3n) is 12.0. The Bertz CT molecular complexity index is 2600. The summed E-state index contributed by atoms with van der Waals surface area (Å²) in [5.41, 5.74) is 15.8. The highest BCUT2D eigenvalue weighted by molar-refractivity contribution is 6.84. The second kappa shape index (κ2) is 12.1. The van der Waals surface area contributed by atoms with E-state index >= 15 is 0 Å². The van der Waals surface area contributed by atoms with Crippen molar-refractivity contribution in [2.45, 2.75) is 38.0 Å². The summed E-state index contributed by atoms with van der Waals surface area (Å²) >= 11 is 0. The van der Waals surface area contributed by atoms with E-state index in [4.69, 9.17) is 8.83 Å². The van der Waals surface area contributed by atoms with E-state index in [1.165, 1.54) is 88.3 Å². The Balaban J connectivity index is 1.21.